The number of nitrogens with one attached hydrogen (secondary N) is 1. The summed E-state index contributed by atoms with van der Waals surface area (Å²) >= 11 is 6.58. The van der Waals surface area contributed by atoms with E-state index < -0.39 is 18.1 Å². The number of carbonyl (C=O) groups is 2. The van der Waals surface area contributed by atoms with Crippen LogP contribution in [0.1, 0.15) is 28.8 Å². The number of aliphatic carboxylic acids is 1. The van der Waals surface area contributed by atoms with Gasteiger partial charge in [0.2, 0.25) is 0 Å². The van der Waals surface area contributed by atoms with Gasteiger partial charge in [-0.15, -0.1) is 0 Å². The van der Waals surface area contributed by atoms with E-state index in [9.17, 15) is 23.1 Å². The van der Waals surface area contributed by atoms with Crippen molar-refractivity contribution >= 4 is 40.3 Å². The fourth-order valence-electron chi connectivity index (χ4n) is 4.11. The van der Waals surface area contributed by atoms with E-state index in [-0.39, 0.29) is 11.6 Å². The Morgan fingerprint density at radius 3 is 2.26 bits per heavy atom. The number of imidazole rings is 1. The molecule has 1 aliphatic heterocycles. The number of aromatic amines is 1. The van der Waals surface area contributed by atoms with Gasteiger partial charge in [-0.3, -0.25) is 0 Å². The van der Waals surface area contributed by atoms with Crippen LogP contribution in [0.4, 0.5) is 18.9 Å². The van der Waals surface area contributed by atoms with E-state index in [1.165, 1.54) is 24.6 Å². The highest BCUT2D eigenvalue weighted by molar-refractivity contribution is 6.34. The number of nitrogens with zero attached hydrogens (tertiary/aromatic N) is 2. The van der Waals surface area contributed by atoms with Gasteiger partial charge in [0.1, 0.15) is 5.75 Å². The van der Waals surface area contributed by atoms with Crippen molar-refractivity contribution in [1.29, 1.82) is 0 Å². The van der Waals surface area contributed by atoms with Crippen LogP contribution in [-0.4, -0.2) is 51.4 Å². The normalized spacial score (nSPS) is 13.2. The summed E-state index contributed by atoms with van der Waals surface area (Å²) in [6.07, 6.45) is -2.60. The second-order valence-electron chi connectivity index (χ2n) is 8.82. The van der Waals surface area contributed by atoms with E-state index in [0.29, 0.717) is 21.9 Å². The van der Waals surface area contributed by atoms with Gasteiger partial charge in [-0.1, -0.05) is 29.8 Å². The first kappa shape index (κ1) is 27.8. The first-order valence-corrected chi connectivity index (χ1v) is 12.2. The summed E-state index contributed by atoms with van der Waals surface area (Å²) in [5.74, 6) is -3.35. The molecule has 4 aromatic rings. The highest BCUT2D eigenvalue weighted by Crippen LogP contribution is 2.34. The van der Waals surface area contributed by atoms with Crippen molar-refractivity contribution in [2.24, 2.45) is 0 Å². The fraction of sp³-hybridized carbons (Fsp3) is 0.222. The number of H-pyrrole nitrogens is 1. The van der Waals surface area contributed by atoms with Gasteiger partial charge in [-0.2, -0.15) is 18.2 Å². The number of benzene rings is 3. The van der Waals surface area contributed by atoms with Gasteiger partial charge in [0.15, 0.2) is 0 Å². The number of ether oxygens (including phenoxy) is 1. The molecule has 5 rings (SSSR count). The molecule has 0 spiro atoms. The molecule has 1 saturated heterocycles. The van der Waals surface area contributed by atoms with Crippen molar-refractivity contribution in [3.63, 3.8) is 0 Å². The number of hydrogen-bond donors (Lipinski definition) is 3. The van der Waals surface area contributed by atoms with Crippen molar-refractivity contribution in [3.05, 3.63) is 70.7 Å². The summed E-state index contributed by atoms with van der Waals surface area (Å²) in [6, 6.07) is 17.4. The summed E-state index contributed by atoms with van der Waals surface area (Å²) in [7, 11) is 0. The molecule has 0 bridgehead atoms. The Bertz CT molecular complexity index is 1510. The van der Waals surface area contributed by atoms with Gasteiger partial charge in [0.25, 0.3) is 6.01 Å². The second-order valence-corrected chi connectivity index (χ2v) is 9.23. The molecule has 1 aromatic heterocycles. The largest absolute Gasteiger partial charge is 0.490 e. The molecular weight excluding hydrogens is 539 g/mol. The topological polar surface area (TPSA) is 116 Å². The molecule has 0 unspecified atom stereocenters. The van der Waals surface area contributed by atoms with Gasteiger partial charge in [0, 0.05) is 24.3 Å². The number of fused-ring (bicyclic) bond motifs is 1. The molecule has 3 N–H and O–H groups in total. The van der Waals surface area contributed by atoms with E-state index >= 15 is 0 Å². The number of aryl methyl sites for hydroxylation is 1. The van der Waals surface area contributed by atoms with Crippen molar-refractivity contribution in [2.75, 3.05) is 18.0 Å². The number of carboxylic acid groups (broad SMARTS) is 2. The number of aromatic carboxylic acids is 1. The first-order chi connectivity index (χ1) is 18.4. The fourth-order valence-corrected chi connectivity index (χ4v) is 4.38. The molecule has 12 heteroatoms. The van der Waals surface area contributed by atoms with E-state index in [2.05, 4.69) is 39.1 Å². The molecule has 0 radical (unpaired) electrons. The predicted octanol–water partition coefficient (Wildman–Crippen LogP) is 6.92. The van der Waals surface area contributed by atoms with Gasteiger partial charge in [0.05, 0.1) is 21.6 Å². The lowest BCUT2D eigenvalue weighted by Crippen LogP contribution is -2.21. The second kappa shape index (κ2) is 11.2. The minimum atomic E-state index is -5.08. The van der Waals surface area contributed by atoms with Crippen LogP contribution in [0.5, 0.6) is 11.8 Å². The zero-order valence-electron chi connectivity index (χ0n) is 20.6. The summed E-state index contributed by atoms with van der Waals surface area (Å²) < 4.78 is 37.5. The zero-order valence-corrected chi connectivity index (χ0v) is 21.3. The van der Waals surface area contributed by atoms with E-state index in [1.807, 2.05) is 12.1 Å². The molecule has 0 amide bonds. The average molecular weight is 562 g/mol. The first-order valence-electron chi connectivity index (χ1n) is 11.8. The van der Waals surface area contributed by atoms with Crippen LogP contribution in [0.25, 0.3) is 22.2 Å². The lowest BCUT2D eigenvalue weighted by molar-refractivity contribution is -0.192. The maximum absolute atomic E-state index is 11.4. The molecule has 0 atom stereocenters. The molecule has 0 aliphatic carbocycles. The van der Waals surface area contributed by atoms with E-state index in [0.717, 1.165) is 29.7 Å². The van der Waals surface area contributed by atoms with Crippen molar-refractivity contribution in [2.45, 2.75) is 25.9 Å². The zero-order chi connectivity index (χ0) is 28.3. The lowest BCUT2D eigenvalue weighted by atomic mass is 10.0. The summed E-state index contributed by atoms with van der Waals surface area (Å²) in [5, 5.41) is 17.1. The Hall–Kier alpha value is -4.25. The van der Waals surface area contributed by atoms with Gasteiger partial charge < -0.3 is 24.8 Å². The number of rotatable bonds is 5. The van der Waals surface area contributed by atoms with Gasteiger partial charge >= 0.3 is 18.1 Å². The highest BCUT2D eigenvalue weighted by atomic mass is 35.5. The molecule has 0 saturated carbocycles. The standard InChI is InChI=1S/C25H22ClN3O3.C2HF3O2/c1-15-4-9-18(12-19(15)24(30)31)32-25-27-22-13-20(21(26)14-23(22)28-25)16-5-7-17(8-6-16)29-10-2-3-11-29;3-2(4,5)1(6)7/h4-9,12-14H,2-3,10-11H2,1H3,(H,27,28)(H,30,31);(H,6,7). The number of aromatic nitrogens is 2. The number of carboxylic acids is 2. The Morgan fingerprint density at radius 1 is 1.03 bits per heavy atom. The van der Waals surface area contributed by atoms with Crippen LogP contribution in [0.3, 0.4) is 0 Å². The molecule has 8 nitrogen and oxygen atoms in total. The molecule has 2 heterocycles. The molecular formula is C27H23ClF3N3O5. The quantitative estimate of drug-likeness (QED) is 0.242. The van der Waals surface area contributed by atoms with Crippen molar-refractivity contribution in [3.8, 4) is 22.9 Å². The van der Waals surface area contributed by atoms with E-state index in [4.69, 9.17) is 26.2 Å². The maximum atomic E-state index is 11.4. The summed E-state index contributed by atoms with van der Waals surface area (Å²) in [5.41, 5.74) is 5.48. The monoisotopic (exact) mass is 561 g/mol. The minimum absolute atomic E-state index is 0.196. The van der Waals surface area contributed by atoms with Crippen LogP contribution < -0.4 is 9.64 Å². The van der Waals surface area contributed by atoms with Gasteiger partial charge in [-0.25, -0.2) is 9.59 Å². The van der Waals surface area contributed by atoms with Crippen LogP contribution in [0, 0.1) is 6.92 Å². The Morgan fingerprint density at radius 2 is 1.67 bits per heavy atom. The molecule has 1 fully saturated rings. The highest BCUT2D eigenvalue weighted by Gasteiger charge is 2.38. The SMILES string of the molecule is Cc1ccc(Oc2nc3cc(-c4ccc(N5CCCC5)cc4)c(Cl)cc3[nH]2)cc1C(=O)O.O=C(O)C(F)(F)F. The number of halogens is 4. The third-order valence-electron chi connectivity index (χ3n) is 6.09. The number of alkyl halides is 3. The smallest absolute Gasteiger partial charge is 0.478 e. The Balaban J connectivity index is 0.000000448. The third kappa shape index (κ3) is 6.61. The third-order valence-corrected chi connectivity index (χ3v) is 6.41. The molecule has 39 heavy (non-hydrogen) atoms. The van der Waals surface area contributed by atoms with Crippen LogP contribution >= 0.6 is 11.6 Å². The van der Waals surface area contributed by atoms with E-state index in [1.54, 1.807) is 19.1 Å². The minimum Gasteiger partial charge on any atom is -0.478 e. The average Bonchev–Trinajstić information content (AvgIpc) is 3.54. The maximum Gasteiger partial charge on any atom is 0.490 e. The predicted molar refractivity (Wildman–Crippen MR) is 140 cm³/mol. The summed E-state index contributed by atoms with van der Waals surface area (Å²) in [4.78, 5) is 30.3. The Kier molecular flexibility index (Phi) is 8.01. The van der Waals surface area contributed by atoms with Crippen LogP contribution in [0.15, 0.2) is 54.6 Å². The molecule has 204 valence electrons. The molecule has 3 aromatic carbocycles. The van der Waals surface area contributed by atoms with Crippen LogP contribution in [0.2, 0.25) is 5.02 Å². The number of hydrogen-bond acceptors (Lipinski definition) is 5. The van der Waals surface area contributed by atoms with Crippen molar-refractivity contribution in [1.82, 2.24) is 9.97 Å². The molecule has 1 aliphatic rings. The Labute approximate surface area is 225 Å². The van der Waals surface area contributed by atoms with Crippen molar-refractivity contribution < 1.29 is 37.7 Å². The lowest BCUT2D eigenvalue weighted by Gasteiger charge is -2.17. The van der Waals surface area contributed by atoms with Gasteiger partial charge in [-0.05, 0) is 67.3 Å². The van der Waals surface area contributed by atoms with Crippen LogP contribution in [-0.2, 0) is 4.79 Å². The summed E-state index contributed by atoms with van der Waals surface area (Å²) in [6.45, 7) is 3.96. The number of anilines is 1.